The van der Waals surface area contributed by atoms with Gasteiger partial charge in [-0.25, -0.2) is 0 Å². The first-order valence-electron chi connectivity index (χ1n) is 23.5. The minimum absolute atomic E-state index is 0.00836. The molecule has 2 rings (SSSR count). The Morgan fingerprint density at radius 2 is 0.845 bits per heavy atom. The van der Waals surface area contributed by atoms with Gasteiger partial charge in [0.1, 0.15) is 0 Å². The van der Waals surface area contributed by atoms with Crippen LogP contribution < -0.4 is 0 Å². The lowest BCUT2D eigenvalue weighted by atomic mass is 9.83. The number of benzene rings is 1. The molecule has 0 spiro atoms. The molecule has 0 radical (unpaired) electrons. The summed E-state index contributed by atoms with van der Waals surface area (Å²) in [5.41, 5.74) is 11.4. The molecule has 0 N–H and O–H groups in total. The summed E-state index contributed by atoms with van der Waals surface area (Å²) in [7, 11) is 0. The minimum Gasteiger partial charge on any atom is -0.289 e. The third-order valence-electron chi connectivity index (χ3n) is 12.4. The van der Waals surface area contributed by atoms with Gasteiger partial charge in [-0.05, 0) is 163 Å². The number of carbonyl (C=O) groups excluding carboxylic acids is 2. The maximum atomic E-state index is 13.1. The van der Waals surface area contributed by atoms with Gasteiger partial charge in [0.05, 0.1) is 0 Å². The molecule has 2 atom stereocenters. The molecule has 2 unspecified atom stereocenters. The number of Topliss-reactive ketones (excluding diaryl/α,β-unsaturated/α-hetero) is 2. The monoisotopic (exact) mass is 791 g/mol. The lowest BCUT2D eigenvalue weighted by Crippen LogP contribution is -2.20. The van der Waals surface area contributed by atoms with E-state index >= 15 is 0 Å². The van der Waals surface area contributed by atoms with Gasteiger partial charge in [-0.2, -0.15) is 0 Å². The van der Waals surface area contributed by atoms with Crippen LogP contribution in [0.25, 0.3) is 0 Å². The van der Waals surface area contributed by atoms with E-state index in [0.717, 1.165) is 43.4 Å². The van der Waals surface area contributed by atoms with Gasteiger partial charge in [0.25, 0.3) is 0 Å². The maximum Gasteiger partial charge on any atom is 0.190 e. The molecule has 2 heteroatoms. The van der Waals surface area contributed by atoms with Crippen LogP contribution in [0.1, 0.15) is 225 Å². The summed E-state index contributed by atoms with van der Waals surface area (Å²) in [5.74, 6) is 2.34. The quantitative estimate of drug-likeness (QED) is 0.0758. The van der Waals surface area contributed by atoms with Crippen LogP contribution in [0.15, 0.2) is 105 Å². The van der Waals surface area contributed by atoms with Crippen molar-refractivity contribution in [3.8, 4) is 0 Å². The van der Waals surface area contributed by atoms with Gasteiger partial charge >= 0.3 is 0 Å². The van der Waals surface area contributed by atoms with Crippen molar-refractivity contribution in [1.29, 1.82) is 0 Å². The second-order valence-electron chi connectivity index (χ2n) is 18.9. The van der Waals surface area contributed by atoms with Crippen LogP contribution in [0.5, 0.6) is 0 Å². The standard InChI is InChI=1S/C56H86O2/c1-42(2)22-14-23-43(3)24-15-25-44(4)26-16-27-45(5)28-17-29-46(6)30-18-31-47(7)32-19-33-48(8)34-20-35-49(9)36-21-37-50(10)40-41-52-51(11)55(57)53-38-12-13-39-54(53)56(52)58/h12-13,24,26,28,30,32,38-40,42,48-49H,14-23,25,27,29,31,33-37,41H2,1-11H3. The Morgan fingerprint density at radius 1 is 0.466 bits per heavy atom. The molecular formula is C56H86O2. The molecule has 2 nitrogen and oxygen atoms in total. The Kier molecular flexibility index (Phi) is 25.5. The highest BCUT2D eigenvalue weighted by Gasteiger charge is 2.28. The minimum atomic E-state index is -0.00836. The molecule has 1 aromatic carbocycles. The smallest absolute Gasteiger partial charge is 0.190 e. The van der Waals surface area contributed by atoms with E-state index in [9.17, 15) is 9.59 Å². The van der Waals surface area contributed by atoms with Gasteiger partial charge in [0.2, 0.25) is 0 Å². The maximum absolute atomic E-state index is 13.1. The van der Waals surface area contributed by atoms with Crippen LogP contribution in [0, 0.1) is 17.8 Å². The summed E-state index contributed by atoms with van der Waals surface area (Å²) < 4.78 is 0. The van der Waals surface area contributed by atoms with Crippen molar-refractivity contribution in [1.82, 2.24) is 0 Å². The second kappa shape index (κ2) is 29.0. The third kappa shape index (κ3) is 21.7. The number of ketones is 2. The van der Waals surface area contributed by atoms with E-state index in [1.165, 1.54) is 124 Å². The molecule has 0 amide bonds. The number of fused-ring (bicyclic) bond motifs is 1. The van der Waals surface area contributed by atoms with Gasteiger partial charge < -0.3 is 0 Å². The summed E-state index contributed by atoms with van der Waals surface area (Å²) in [6.45, 7) is 25.0. The summed E-state index contributed by atoms with van der Waals surface area (Å²) in [6, 6.07) is 7.20. The van der Waals surface area contributed by atoms with Gasteiger partial charge in [0.15, 0.2) is 11.6 Å². The zero-order valence-electron chi connectivity index (χ0n) is 39.5. The zero-order valence-corrected chi connectivity index (χ0v) is 39.5. The molecule has 0 aromatic heterocycles. The Bertz CT molecular complexity index is 1630. The number of carbonyl (C=O) groups is 2. The van der Waals surface area contributed by atoms with E-state index < -0.39 is 0 Å². The Hall–Kier alpha value is -3.26. The molecule has 322 valence electrons. The van der Waals surface area contributed by atoms with Crippen molar-refractivity contribution >= 4 is 11.6 Å². The van der Waals surface area contributed by atoms with Crippen molar-refractivity contribution in [2.24, 2.45) is 17.8 Å². The highest BCUT2D eigenvalue weighted by molar-refractivity contribution is 6.26. The van der Waals surface area contributed by atoms with Gasteiger partial charge in [0, 0.05) is 22.3 Å². The molecule has 58 heavy (non-hydrogen) atoms. The van der Waals surface area contributed by atoms with E-state index in [2.05, 4.69) is 106 Å². The summed E-state index contributed by atoms with van der Waals surface area (Å²) in [5, 5.41) is 0. The van der Waals surface area contributed by atoms with Crippen LogP contribution in [-0.2, 0) is 0 Å². The molecule has 0 fully saturated rings. The van der Waals surface area contributed by atoms with Crippen molar-refractivity contribution in [2.45, 2.75) is 205 Å². The summed E-state index contributed by atoms with van der Waals surface area (Å²) >= 11 is 0. The molecule has 0 saturated carbocycles. The number of allylic oxidation sites excluding steroid dienone is 14. The Morgan fingerprint density at radius 3 is 1.33 bits per heavy atom. The van der Waals surface area contributed by atoms with Gasteiger partial charge in [-0.3, -0.25) is 9.59 Å². The predicted molar refractivity (Wildman–Crippen MR) is 256 cm³/mol. The average Bonchev–Trinajstić information content (AvgIpc) is 3.17. The first-order valence-corrected chi connectivity index (χ1v) is 23.5. The highest BCUT2D eigenvalue weighted by atomic mass is 16.1. The van der Waals surface area contributed by atoms with E-state index in [1.807, 2.05) is 12.1 Å². The lowest BCUT2D eigenvalue weighted by Gasteiger charge is -2.18. The van der Waals surface area contributed by atoms with Crippen LogP contribution in [0.2, 0.25) is 0 Å². The fourth-order valence-corrected chi connectivity index (χ4v) is 8.11. The SMILES string of the molecule is CC(=CCCC(C)=CCCC(C)=CCCC(C)CCCC(C)CCCC(C)=CCC1=C(C)C(=O)c2ccccc2C1=O)CCC=C(C)CCC=C(C)CCCC(C)C. The van der Waals surface area contributed by atoms with Crippen molar-refractivity contribution < 1.29 is 9.59 Å². The average molecular weight is 791 g/mol. The normalized spacial score (nSPS) is 16.1. The van der Waals surface area contributed by atoms with Crippen LogP contribution in [0.4, 0.5) is 0 Å². The molecule has 1 aliphatic rings. The van der Waals surface area contributed by atoms with Crippen molar-refractivity contribution in [2.75, 3.05) is 0 Å². The molecule has 0 saturated heterocycles. The van der Waals surface area contributed by atoms with Crippen LogP contribution in [0.3, 0.4) is 0 Å². The largest absolute Gasteiger partial charge is 0.289 e. The van der Waals surface area contributed by atoms with Crippen molar-refractivity contribution in [3.63, 3.8) is 0 Å². The second-order valence-corrected chi connectivity index (χ2v) is 18.9. The van der Waals surface area contributed by atoms with Gasteiger partial charge in [-0.15, -0.1) is 0 Å². The summed E-state index contributed by atoms with van der Waals surface area (Å²) in [4.78, 5) is 25.8. The molecule has 0 bridgehead atoms. The predicted octanol–water partition coefficient (Wildman–Crippen LogP) is 17.8. The topological polar surface area (TPSA) is 34.1 Å². The molecule has 0 heterocycles. The number of hydrogen-bond donors (Lipinski definition) is 0. The third-order valence-corrected chi connectivity index (χ3v) is 12.4. The first kappa shape index (κ1) is 50.9. The molecule has 1 aromatic rings. The van der Waals surface area contributed by atoms with E-state index in [0.29, 0.717) is 28.7 Å². The van der Waals surface area contributed by atoms with Crippen LogP contribution in [-0.4, -0.2) is 11.6 Å². The first-order chi connectivity index (χ1) is 27.7. The Labute approximate surface area is 358 Å². The molecule has 0 aliphatic heterocycles. The fourth-order valence-electron chi connectivity index (χ4n) is 8.11. The fraction of sp³-hybridized carbons (Fsp3) is 0.607. The van der Waals surface area contributed by atoms with Crippen LogP contribution >= 0.6 is 0 Å². The zero-order chi connectivity index (χ0) is 42.9. The van der Waals surface area contributed by atoms with E-state index in [4.69, 9.17) is 0 Å². The van der Waals surface area contributed by atoms with E-state index in [1.54, 1.807) is 24.6 Å². The number of rotatable bonds is 29. The lowest BCUT2D eigenvalue weighted by molar-refractivity contribution is 0.0973. The van der Waals surface area contributed by atoms with E-state index in [-0.39, 0.29) is 11.6 Å². The summed E-state index contributed by atoms with van der Waals surface area (Å²) in [6.07, 6.45) is 38.3. The van der Waals surface area contributed by atoms with Gasteiger partial charge in [-0.1, -0.05) is 154 Å². The Balaban J connectivity index is 1.54. The number of hydrogen-bond acceptors (Lipinski definition) is 2. The highest BCUT2D eigenvalue weighted by Crippen LogP contribution is 2.29. The molecular weight excluding hydrogens is 705 g/mol. The molecule has 1 aliphatic carbocycles. The van der Waals surface area contributed by atoms with Crippen molar-refractivity contribution in [3.05, 3.63) is 116 Å².